The lowest BCUT2D eigenvalue weighted by Gasteiger charge is -2.17. The Hall–Kier alpha value is -0.430. The molecule has 2 heterocycles. The number of ether oxygens (including phenoxy) is 1. The molecule has 88 valence electrons. The van der Waals surface area contributed by atoms with Gasteiger partial charge < -0.3 is 4.74 Å². The van der Waals surface area contributed by atoms with Crippen molar-refractivity contribution in [2.45, 2.75) is 19.1 Å². The first-order chi connectivity index (χ1) is 7.70. The van der Waals surface area contributed by atoms with Gasteiger partial charge in [0.1, 0.15) is 6.17 Å². The molecule has 3 nitrogen and oxygen atoms in total. The van der Waals surface area contributed by atoms with Crippen LogP contribution in [0.25, 0.3) is 0 Å². The van der Waals surface area contributed by atoms with Gasteiger partial charge in [-0.3, -0.25) is 4.90 Å². The fourth-order valence-corrected chi connectivity index (χ4v) is 2.48. The van der Waals surface area contributed by atoms with Gasteiger partial charge in [0.15, 0.2) is 0 Å². The van der Waals surface area contributed by atoms with Crippen LogP contribution >= 0.6 is 22.6 Å². The smallest absolute Gasteiger partial charge is 0.218 e. The van der Waals surface area contributed by atoms with E-state index in [0.717, 1.165) is 22.2 Å². The van der Waals surface area contributed by atoms with E-state index >= 15 is 0 Å². The third-order valence-corrected chi connectivity index (χ3v) is 3.76. The first-order valence-corrected chi connectivity index (χ1v) is 6.32. The Balaban J connectivity index is 2.14. The third kappa shape index (κ3) is 2.63. The van der Waals surface area contributed by atoms with E-state index in [1.54, 1.807) is 13.3 Å². The molecule has 0 bridgehead atoms. The van der Waals surface area contributed by atoms with Gasteiger partial charge in [0, 0.05) is 35.0 Å². The second-order valence-corrected chi connectivity index (χ2v) is 5.06. The van der Waals surface area contributed by atoms with Crippen LogP contribution in [0.5, 0.6) is 5.88 Å². The minimum Gasteiger partial charge on any atom is -0.481 e. The Morgan fingerprint density at radius 2 is 2.50 bits per heavy atom. The third-order valence-electron chi connectivity index (χ3n) is 2.75. The predicted octanol–water partition coefficient (Wildman–Crippen LogP) is 2.24. The highest BCUT2D eigenvalue weighted by Crippen LogP contribution is 2.24. The molecule has 2 rings (SSSR count). The van der Waals surface area contributed by atoms with Crippen molar-refractivity contribution in [3.05, 3.63) is 21.4 Å². The number of pyridine rings is 1. The molecule has 1 aromatic rings. The molecule has 1 unspecified atom stereocenters. The summed E-state index contributed by atoms with van der Waals surface area (Å²) in [5, 5.41) is 0. The fraction of sp³-hybridized carbons (Fsp3) is 0.545. The number of hydrogen-bond acceptors (Lipinski definition) is 3. The van der Waals surface area contributed by atoms with Crippen molar-refractivity contribution in [3.63, 3.8) is 0 Å². The van der Waals surface area contributed by atoms with Crippen LogP contribution in [-0.2, 0) is 6.54 Å². The van der Waals surface area contributed by atoms with E-state index in [1.165, 1.54) is 0 Å². The highest BCUT2D eigenvalue weighted by molar-refractivity contribution is 14.1. The topological polar surface area (TPSA) is 25.4 Å². The summed E-state index contributed by atoms with van der Waals surface area (Å²) in [4.78, 5) is 6.28. The molecule has 0 amide bonds. The zero-order valence-electron chi connectivity index (χ0n) is 9.12. The molecule has 0 radical (unpaired) electrons. The first-order valence-electron chi connectivity index (χ1n) is 5.24. The predicted molar refractivity (Wildman–Crippen MR) is 68.3 cm³/mol. The van der Waals surface area contributed by atoms with Gasteiger partial charge in [-0.25, -0.2) is 9.37 Å². The average molecular weight is 336 g/mol. The van der Waals surface area contributed by atoms with Crippen LogP contribution in [0.1, 0.15) is 12.0 Å². The van der Waals surface area contributed by atoms with Crippen LogP contribution in [0, 0.1) is 3.57 Å². The van der Waals surface area contributed by atoms with E-state index in [9.17, 15) is 4.39 Å². The van der Waals surface area contributed by atoms with Crippen LogP contribution in [0.15, 0.2) is 12.3 Å². The summed E-state index contributed by atoms with van der Waals surface area (Å²) in [5.41, 5.74) is 1.06. The molecule has 1 saturated heterocycles. The van der Waals surface area contributed by atoms with Crippen molar-refractivity contribution in [2.75, 3.05) is 20.2 Å². The molecule has 1 aliphatic rings. The summed E-state index contributed by atoms with van der Waals surface area (Å²) < 4.78 is 19.4. The number of alkyl halides is 1. The zero-order valence-corrected chi connectivity index (χ0v) is 11.3. The van der Waals surface area contributed by atoms with Crippen LogP contribution in [0.2, 0.25) is 0 Å². The lowest BCUT2D eigenvalue weighted by Crippen LogP contribution is -2.21. The number of hydrogen-bond donors (Lipinski definition) is 0. The van der Waals surface area contributed by atoms with Gasteiger partial charge in [0.2, 0.25) is 5.88 Å². The molecule has 0 spiro atoms. The summed E-state index contributed by atoms with van der Waals surface area (Å²) in [6.07, 6.45) is 1.69. The number of likely N-dealkylation sites (tertiary alicyclic amines) is 1. The number of nitrogens with zero attached hydrogens (tertiary/aromatic N) is 2. The van der Waals surface area contributed by atoms with E-state index in [0.29, 0.717) is 18.8 Å². The number of halogens is 2. The number of aromatic nitrogens is 1. The van der Waals surface area contributed by atoms with Crippen molar-refractivity contribution in [1.29, 1.82) is 0 Å². The van der Waals surface area contributed by atoms with Crippen LogP contribution < -0.4 is 4.74 Å². The maximum Gasteiger partial charge on any atom is 0.218 e. The maximum absolute atomic E-state index is 13.1. The van der Waals surface area contributed by atoms with E-state index in [1.807, 2.05) is 6.07 Å². The van der Waals surface area contributed by atoms with E-state index in [4.69, 9.17) is 4.74 Å². The van der Waals surface area contributed by atoms with Gasteiger partial charge >= 0.3 is 0 Å². The van der Waals surface area contributed by atoms with Crippen molar-refractivity contribution in [3.8, 4) is 5.88 Å². The number of methoxy groups -OCH3 is 1. The Kier molecular flexibility index (Phi) is 3.96. The lowest BCUT2D eigenvalue weighted by atomic mass is 10.2. The molecule has 1 aromatic heterocycles. The van der Waals surface area contributed by atoms with Gasteiger partial charge in [-0.05, 0) is 35.1 Å². The molecule has 5 heteroatoms. The lowest BCUT2D eigenvalue weighted by molar-refractivity contribution is 0.276. The highest BCUT2D eigenvalue weighted by Gasteiger charge is 2.23. The van der Waals surface area contributed by atoms with Gasteiger partial charge in [0.05, 0.1) is 7.11 Å². The minimum atomic E-state index is -0.680. The molecule has 1 aliphatic heterocycles. The van der Waals surface area contributed by atoms with Crippen molar-refractivity contribution < 1.29 is 9.13 Å². The molecule has 0 saturated carbocycles. The molecule has 0 aromatic carbocycles. The van der Waals surface area contributed by atoms with E-state index in [-0.39, 0.29) is 0 Å². The zero-order chi connectivity index (χ0) is 11.5. The minimum absolute atomic E-state index is 0.522. The van der Waals surface area contributed by atoms with E-state index in [2.05, 4.69) is 32.5 Å². The molecule has 0 aliphatic carbocycles. The summed E-state index contributed by atoms with van der Waals surface area (Å²) >= 11 is 2.26. The van der Waals surface area contributed by atoms with Crippen molar-refractivity contribution in [2.24, 2.45) is 0 Å². The quantitative estimate of drug-likeness (QED) is 0.792. The van der Waals surface area contributed by atoms with Crippen LogP contribution in [-0.4, -0.2) is 36.3 Å². The molecule has 16 heavy (non-hydrogen) atoms. The van der Waals surface area contributed by atoms with Gasteiger partial charge in [-0.1, -0.05) is 0 Å². The van der Waals surface area contributed by atoms with Crippen molar-refractivity contribution in [1.82, 2.24) is 9.88 Å². The molecule has 1 atom stereocenters. The Morgan fingerprint density at radius 3 is 3.12 bits per heavy atom. The standard InChI is InChI=1S/C11H14FIN2O/c1-16-11-9(10(13)2-4-14-11)7-15-5-3-8(12)6-15/h2,4,8H,3,5-7H2,1H3. The first kappa shape index (κ1) is 12.0. The Morgan fingerprint density at radius 1 is 1.69 bits per heavy atom. The average Bonchev–Trinajstić information content (AvgIpc) is 2.67. The van der Waals surface area contributed by atoms with Crippen molar-refractivity contribution >= 4 is 22.6 Å². The summed E-state index contributed by atoms with van der Waals surface area (Å²) in [6, 6.07) is 1.95. The van der Waals surface area contributed by atoms with Crippen LogP contribution in [0.3, 0.4) is 0 Å². The number of rotatable bonds is 3. The monoisotopic (exact) mass is 336 g/mol. The fourth-order valence-electron chi connectivity index (χ4n) is 1.92. The second-order valence-electron chi connectivity index (χ2n) is 3.90. The Labute approximate surface area is 108 Å². The molecule has 0 N–H and O–H groups in total. The SMILES string of the molecule is COc1nccc(I)c1CN1CCC(F)C1. The van der Waals surface area contributed by atoms with E-state index < -0.39 is 6.17 Å². The van der Waals surface area contributed by atoms with Gasteiger partial charge in [0.25, 0.3) is 0 Å². The summed E-state index contributed by atoms with van der Waals surface area (Å²) in [6.45, 7) is 2.05. The van der Waals surface area contributed by atoms with Gasteiger partial charge in [-0.15, -0.1) is 0 Å². The maximum atomic E-state index is 13.1. The molecular weight excluding hydrogens is 322 g/mol. The Bertz CT molecular complexity index is 375. The highest BCUT2D eigenvalue weighted by atomic mass is 127. The summed E-state index contributed by atoms with van der Waals surface area (Å²) in [7, 11) is 1.61. The normalized spacial score (nSPS) is 21.3. The second kappa shape index (κ2) is 5.27. The van der Waals surface area contributed by atoms with Gasteiger partial charge in [-0.2, -0.15) is 0 Å². The largest absolute Gasteiger partial charge is 0.481 e. The summed E-state index contributed by atoms with van der Waals surface area (Å²) in [5.74, 6) is 0.647. The molecule has 1 fully saturated rings. The molecular formula is C11H14FIN2O. The van der Waals surface area contributed by atoms with Crippen LogP contribution in [0.4, 0.5) is 4.39 Å².